The molecule has 2 fully saturated rings. The first-order valence-corrected chi connectivity index (χ1v) is 9.57. The molecule has 2 aromatic rings. The van der Waals surface area contributed by atoms with E-state index in [4.69, 9.17) is 9.40 Å². The Morgan fingerprint density at radius 3 is 2.68 bits per heavy atom. The summed E-state index contributed by atoms with van der Waals surface area (Å²) in [4.78, 5) is 42.3. The van der Waals surface area contributed by atoms with Crippen molar-refractivity contribution in [1.82, 2.24) is 25.2 Å². The monoisotopic (exact) mass is 384 g/mol. The van der Waals surface area contributed by atoms with Crippen molar-refractivity contribution in [3.8, 4) is 0 Å². The number of oxazole rings is 1. The second-order valence-corrected chi connectivity index (χ2v) is 7.28. The lowest BCUT2D eigenvalue weighted by atomic mass is 9.92. The van der Waals surface area contributed by atoms with Crippen molar-refractivity contribution in [3.63, 3.8) is 0 Å². The van der Waals surface area contributed by atoms with Crippen LogP contribution in [-0.2, 0) is 4.79 Å². The van der Waals surface area contributed by atoms with Crippen molar-refractivity contribution in [1.29, 1.82) is 0 Å². The Labute approximate surface area is 163 Å². The van der Waals surface area contributed by atoms with Gasteiger partial charge in [0.2, 0.25) is 17.6 Å². The van der Waals surface area contributed by atoms with Crippen LogP contribution in [0.5, 0.6) is 0 Å². The molecular formula is C19H24N6O3. The first-order valence-electron chi connectivity index (χ1n) is 9.57. The van der Waals surface area contributed by atoms with Gasteiger partial charge in [-0.25, -0.2) is 15.0 Å². The minimum atomic E-state index is -0.376. The van der Waals surface area contributed by atoms with Gasteiger partial charge in [0.15, 0.2) is 6.39 Å². The van der Waals surface area contributed by atoms with E-state index in [-0.39, 0.29) is 29.4 Å². The summed E-state index contributed by atoms with van der Waals surface area (Å²) >= 11 is 0. The molecule has 1 N–H and O–H groups in total. The molecule has 0 bridgehead atoms. The highest BCUT2D eigenvalue weighted by molar-refractivity contribution is 5.93. The third-order valence-electron chi connectivity index (χ3n) is 5.56. The summed E-state index contributed by atoms with van der Waals surface area (Å²) in [6.45, 7) is 4.33. The molecule has 0 saturated carbocycles. The average molecular weight is 384 g/mol. The van der Waals surface area contributed by atoms with Crippen LogP contribution < -0.4 is 10.2 Å². The van der Waals surface area contributed by atoms with Crippen LogP contribution in [0.25, 0.3) is 0 Å². The number of nitrogens with zero attached hydrogens (tertiary/aromatic N) is 5. The number of carbonyl (C=O) groups is 2. The van der Waals surface area contributed by atoms with Gasteiger partial charge in [-0.3, -0.25) is 9.59 Å². The van der Waals surface area contributed by atoms with E-state index in [1.807, 2.05) is 6.07 Å². The number of hydrogen-bond acceptors (Lipinski definition) is 7. The van der Waals surface area contributed by atoms with Crippen molar-refractivity contribution in [2.24, 2.45) is 5.92 Å². The fourth-order valence-corrected chi connectivity index (χ4v) is 4.01. The predicted octanol–water partition coefficient (Wildman–Crippen LogP) is 0.975. The van der Waals surface area contributed by atoms with Gasteiger partial charge in [0.25, 0.3) is 5.91 Å². The summed E-state index contributed by atoms with van der Waals surface area (Å²) < 4.78 is 5.25. The van der Waals surface area contributed by atoms with Crippen LogP contribution in [0, 0.1) is 12.8 Å². The third kappa shape index (κ3) is 3.32. The normalized spacial score (nSPS) is 21.9. The zero-order valence-corrected chi connectivity index (χ0v) is 16.1. The first kappa shape index (κ1) is 18.4. The Morgan fingerprint density at radius 2 is 2.00 bits per heavy atom. The molecule has 4 rings (SSSR count). The number of carbonyl (C=O) groups excluding carboxylic acids is 2. The number of nitrogens with one attached hydrogen (secondary N) is 1. The molecule has 2 aromatic heterocycles. The minimum absolute atomic E-state index is 0.101. The predicted molar refractivity (Wildman–Crippen MR) is 101 cm³/mol. The highest BCUT2D eigenvalue weighted by atomic mass is 16.3. The molecule has 28 heavy (non-hydrogen) atoms. The Balaban J connectivity index is 1.61. The van der Waals surface area contributed by atoms with Crippen molar-refractivity contribution < 1.29 is 14.0 Å². The lowest BCUT2D eigenvalue weighted by Crippen LogP contribution is -2.34. The van der Waals surface area contributed by atoms with Crippen molar-refractivity contribution in [3.05, 3.63) is 35.8 Å². The van der Waals surface area contributed by atoms with E-state index in [0.29, 0.717) is 24.7 Å². The summed E-state index contributed by atoms with van der Waals surface area (Å²) in [6, 6.07) is 1.84. The fourth-order valence-electron chi connectivity index (χ4n) is 4.01. The molecular weight excluding hydrogens is 360 g/mol. The zero-order valence-electron chi connectivity index (χ0n) is 16.1. The minimum Gasteiger partial charge on any atom is -0.438 e. The molecule has 2 aliphatic heterocycles. The highest BCUT2D eigenvalue weighted by Crippen LogP contribution is 2.33. The van der Waals surface area contributed by atoms with Crippen molar-refractivity contribution >= 4 is 17.8 Å². The maximum absolute atomic E-state index is 12.9. The number of aromatic nitrogens is 3. The van der Waals surface area contributed by atoms with Gasteiger partial charge in [0.05, 0.1) is 17.3 Å². The second kappa shape index (κ2) is 7.57. The van der Waals surface area contributed by atoms with Gasteiger partial charge in [-0.05, 0) is 25.8 Å². The largest absolute Gasteiger partial charge is 0.438 e. The average Bonchev–Trinajstić information content (AvgIpc) is 3.47. The Bertz CT molecular complexity index is 876. The van der Waals surface area contributed by atoms with Gasteiger partial charge >= 0.3 is 0 Å². The van der Waals surface area contributed by atoms with Crippen LogP contribution in [0.1, 0.15) is 40.7 Å². The van der Waals surface area contributed by atoms with Crippen LogP contribution >= 0.6 is 0 Å². The van der Waals surface area contributed by atoms with Crippen molar-refractivity contribution in [2.75, 3.05) is 38.1 Å². The molecule has 2 saturated heterocycles. The van der Waals surface area contributed by atoms with E-state index in [9.17, 15) is 9.59 Å². The molecule has 0 aliphatic carbocycles. The summed E-state index contributed by atoms with van der Waals surface area (Å²) in [5.74, 6) is -0.00981. The molecule has 0 radical (unpaired) electrons. The van der Waals surface area contributed by atoms with Crippen LogP contribution in [0.2, 0.25) is 0 Å². The van der Waals surface area contributed by atoms with Crippen LogP contribution in [0.4, 0.5) is 5.95 Å². The quantitative estimate of drug-likeness (QED) is 0.838. The first-order chi connectivity index (χ1) is 13.6. The Hall–Kier alpha value is -2.97. The number of amides is 2. The van der Waals surface area contributed by atoms with E-state index in [1.54, 1.807) is 25.1 Å². The summed E-state index contributed by atoms with van der Waals surface area (Å²) in [7, 11) is 1.61. The van der Waals surface area contributed by atoms with Gasteiger partial charge in [-0.15, -0.1) is 0 Å². The zero-order chi connectivity index (χ0) is 19.7. The molecule has 9 nitrogen and oxygen atoms in total. The van der Waals surface area contributed by atoms with E-state index >= 15 is 0 Å². The topological polar surface area (TPSA) is 104 Å². The Morgan fingerprint density at radius 1 is 1.21 bits per heavy atom. The van der Waals surface area contributed by atoms with E-state index in [1.165, 1.54) is 6.39 Å². The van der Waals surface area contributed by atoms with E-state index in [2.05, 4.69) is 20.2 Å². The SMILES string of the molecule is CNC(=O)[C@@H]1CN(C(=O)c2ocnc2C)C[C@H]1c1ccnc(N2CCCC2)n1. The third-order valence-corrected chi connectivity index (χ3v) is 5.56. The van der Waals surface area contributed by atoms with Crippen LogP contribution in [0.3, 0.4) is 0 Å². The lowest BCUT2D eigenvalue weighted by molar-refractivity contribution is -0.124. The van der Waals surface area contributed by atoms with Crippen LogP contribution in [0.15, 0.2) is 23.1 Å². The summed E-state index contributed by atoms with van der Waals surface area (Å²) in [6.07, 6.45) is 5.27. The number of hydrogen-bond donors (Lipinski definition) is 1. The maximum Gasteiger partial charge on any atom is 0.291 e. The van der Waals surface area contributed by atoms with Gasteiger partial charge in [-0.1, -0.05) is 0 Å². The molecule has 2 amide bonds. The molecule has 0 spiro atoms. The van der Waals surface area contributed by atoms with E-state index in [0.717, 1.165) is 31.6 Å². The molecule has 0 unspecified atom stereocenters. The molecule has 148 valence electrons. The van der Waals surface area contributed by atoms with Gasteiger partial charge < -0.3 is 19.5 Å². The second-order valence-electron chi connectivity index (χ2n) is 7.28. The molecule has 2 atom stereocenters. The molecule has 4 heterocycles. The van der Waals surface area contributed by atoms with Crippen molar-refractivity contribution in [2.45, 2.75) is 25.7 Å². The fraction of sp³-hybridized carbons (Fsp3) is 0.526. The van der Waals surface area contributed by atoms with Gasteiger partial charge in [0, 0.05) is 45.3 Å². The lowest BCUT2D eigenvalue weighted by Gasteiger charge is -2.19. The summed E-state index contributed by atoms with van der Waals surface area (Å²) in [5.41, 5.74) is 1.33. The molecule has 0 aromatic carbocycles. The molecule has 2 aliphatic rings. The smallest absolute Gasteiger partial charge is 0.291 e. The number of anilines is 1. The molecule has 9 heteroatoms. The number of likely N-dealkylation sites (tertiary alicyclic amines) is 1. The van der Waals surface area contributed by atoms with Gasteiger partial charge in [-0.2, -0.15) is 0 Å². The highest BCUT2D eigenvalue weighted by Gasteiger charge is 2.42. The standard InChI is InChI=1S/C19H24N6O3/c1-12-16(28-11-22-12)18(27)25-9-13(14(10-25)17(26)20-2)15-5-6-21-19(23-15)24-7-3-4-8-24/h5-6,11,13-14H,3-4,7-10H2,1-2H3,(H,20,26)/t13-,14-/m1/s1. The van der Waals surface area contributed by atoms with E-state index < -0.39 is 0 Å². The summed E-state index contributed by atoms with van der Waals surface area (Å²) in [5, 5.41) is 2.72. The van der Waals surface area contributed by atoms with Crippen LogP contribution in [-0.4, -0.2) is 64.9 Å². The number of aryl methyl sites for hydroxylation is 1. The maximum atomic E-state index is 12.9. The number of rotatable bonds is 4. The Kier molecular flexibility index (Phi) is 4.97. The van der Waals surface area contributed by atoms with Gasteiger partial charge in [0.1, 0.15) is 0 Å².